The lowest BCUT2D eigenvalue weighted by atomic mass is 10.1. The number of amidine groups is 1. The molecule has 1 aliphatic heterocycles. The van der Waals surface area contributed by atoms with Gasteiger partial charge in [0, 0.05) is 30.6 Å². The highest BCUT2D eigenvalue weighted by molar-refractivity contribution is 7.89. The van der Waals surface area contributed by atoms with E-state index in [0.717, 1.165) is 15.1 Å². The smallest absolute Gasteiger partial charge is 0.277 e. The molecule has 3 unspecified atom stereocenters. The summed E-state index contributed by atoms with van der Waals surface area (Å²) in [6, 6.07) is 16.2. The van der Waals surface area contributed by atoms with Crippen LogP contribution in [0.2, 0.25) is 10.0 Å². The quantitative estimate of drug-likeness (QED) is 0.236. The van der Waals surface area contributed by atoms with Gasteiger partial charge in [0.25, 0.3) is 5.84 Å². The molecule has 0 saturated heterocycles. The molecule has 4 rings (SSSR count). The van der Waals surface area contributed by atoms with Gasteiger partial charge in [0.05, 0.1) is 28.6 Å². The molecular formula is C26H30Cl2N5O4S+. The van der Waals surface area contributed by atoms with Gasteiger partial charge in [-0.05, 0) is 43.0 Å². The molecule has 0 aromatic heterocycles. The van der Waals surface area contributed by atoms with E-state index in [4.69, 9.17) is 28.6 Å². The maximum atomic E-state index is 13.5. The summed E-state index contributed by atoms with van der Waals surface area (Å²) < 4.78 is 27.6. The summed E-state index contributed by atoms with van der Waals surface area (Å²) in [5.74, 6) is 0.105. The van der Waals surface area contributed by atoms with E-state index in [0.29, 0.717) is 17.1 Å². The summed E-state index contributed by atoms with van der Waals surface area (Å²) in [4.78, 5) is -0.270. The number of rotatable bonds is 9. The Kier molecular flexibility index (Phi) is 8.06. The minimum atomic E-state index is -4.23. The molecule has 3 aromatic carbocycles. The first kappa shape index (κ1) is 28.3. The van der Waals surface area contributed by atoms with Gasteiger partial charge < -0.3 is 10.2 Å². The highest BCUT2D eigenvalue weighted by Gasteiger charge is 2.45. The van der Waals surface area contributed by atoms with Gasteiger partial charge in [-0.1, -0.05) is 59.6 Å². The molecule has 12 heteroatoms. The van der Waals surface area contributed by atoms with Crippen LogP contribution in [0.25, 0.3) is 10.8 Å². The largest absolute Gasteiger partial charge is 0.392 e. The number of nitrogens with one attached hydrogen (secondary N) is 3. The Balaban J connectivity index is 1.84. The number of quaternary nitrogens is 1. The minimum absolute atomic E-state index is 0.0371. The lowest BCUT2D eigenvalue weighted by Crippen LogP contribution is -2.62. The van der Waals surface area contributed by atoms with E-state index >= 15 is 0 Å². The van der Waals surface area contributed by atoms with Gasteiger partial charge in [-0.2, -0.15) is 9.73 Å². The Bertz CT molecular complexity index is 1510. The Hall–Kier alpha value is -2.70. The van der Waals surface area contributed by atoms with Crippen LogP contribution in [0.15, 0.2) is 71.3 Å². The fourth-order valence-corrected chi connectivity index (χ4v) is 6.95. The highest BCUT2D eigenvalue weighted by atomic mass is 35.5. The van der Waals surface area contributed by atoms with E-state index < -0.39 is 26.9 Å². The van der Waals surface area contributed by atoms with Gasteiger partial charge in [0.1, 0.15) is 9.92 Å². The molecule has 0 fully saturated rings. The van der Waals surface area contributed by atoms with Gasteiger partial charge in [-0.25, -0.2) is 19.3 Å². The van der Waals surface area contributed by atoms with Crippen LogP contribution in [0.5, 0.6) is 0 Å². The predicted octanol–water partition coefficient (Wildman–Crippen LogP) is 4.63. The number of aliphatic hydroxyl groups excluding tert-OH is 2. The summed E-state index contributed by atoms with van der Waals surface area (Å²) in [7, 11) is -4.23. The monoisotopic (exact) mass is 578 g/mol. The first-order valence-corrected chi connectivity index (χ1v) is 14.1. The van der Waals surface area contributed by atoms with Crippen LogP contribution in [0, 0.1) is 5.41 Å². The van der Waals surface area contributed by atoms with Crippen molar-refractivity contribution in [1.82, 2.24) is 14.4 Å². The zero-order valence-electron chi connectivity index (χ0n) is 21.1. The van der Waals surface area contributed by atoms with E-state index in [2.05, 4.69) is 10.9 Å². The van der Waals surface area contributed by atoms with E-state index in [9.17, 15) is 18.6 Å². The third-order valence-electron chi connectivity index (χ3n) is 6.05. The fourth-order valence-electron chi connectivity index (χ4n) is 4.47. The molecule has 9 nitrogen and oxygen atoms in total. The summed E-state index contributed by atoms with van der Waals surface area (Å²) in [6.07, 6.45) is -0.307. The second-order valence-electron chi connectivity index (χ2n) is 9.39. The second-order valence-corrected chi connectivity index (χ2v) is 12.1. The molecule has 0 aliphatic carbocycles. The fraction of sp³-hybridized carbons (Fsp3) is 0.269. The predicted molar refractivity (Wildman–Crippen MR) is 153 cm³/mol. The molecule has 3 aromatic rings. The lowest BCUT2D eigenvalue weighted by Gasteiger charge is -2.34. The van der Waals surface area contributed by atoms with Crippen LogP contribution >= 0.6 is 23.2 Å². The zero-order chi connectivity index (χ0) is 27.8. The summed E-state index contributed by atoms with van der Waals surface area (Å²) in [5.41, 5.74) is 8.32. The number of aliphatic hydroxyl groups is 2. The minimum Gasteiger partial charge on any atom is -0.392 e. The van der Waals surface area contributed by atoms with Gasteiger partial charge in [0.15, 0.2) is 0 Å². The Morgan fingerprint density at radius 3 is 2.26 bits per heavy atom. The van der Waals surface area contributed by atoms with Crippen molar-refractivity contribution in [3.05, 3.63) is 76.4 Å². The Labute approximate surface area is 232 Å². The molecule has 0 spiro atoms. The van der Waals surface area contributed by atoms with Gasteiger partial charge in [-0.3, -0.25) is 0 Å². The van der Waals surface area contributed by atoms with Crippen LogP contribution in [-0.4, -0.2) is 54.1 Å². The zero-order valence-corrected chi connectivity index (χ0v) is 23.4. The van der Waals surface area contributed by atoms with Crippen LogP contribution in [0.3, 0.4) is 0 Å². The molecular weight excluding hydrogens is 549 g/mol. The normalized spacial score (nSPS) is 19.4. The van der Waals surface area contributed by atoms with Crippen molar-refractivity contribution in [2.45, 2.75) is 37.9 Å². The van der Waals surface area contributed by atoms with Crippen molar-refractivity contribution in [3.8, 4) is 0 Å². The average molecular weight is 580 g/mol. The molecule has 202 valence electrons. The number of halogens is 2. The first-order chi connectivity index (χ1) is 17.8. The van der Waals surface area contributed by atoms with Crippen molar-refractivity contribution in [3.63, 3.8) is 0 Å². The second kappa shape index (κ2) is 10.8. The van der Waals surface area contributed by atoms with Crippen molar-refractivity contribution in [2.24, 2.45) is 0 Å². The van der Waals surface area contributed by atoms with Crippen molar-refractivity contribution in [2.75, 3.05) is 18.5 Å². The van der Waals surface area contributed by atoms with E-state index in [1.807, 2.05) is 42.5 Å². The summed E-state index contributed by atoms with van der Waals surface area (Å²) >= 11 is 13.3. The van der Waals surface area contributed by atoms with Crippen LogP contribution in [0.4, 0.5) is 11.4 Å². The number of anilines is 1. The third-order valence-corrected chi connectivity index (χ3v) is 8.65. The van der Waals surface area contributed by atoms with E-state index in [1.165, 1.54) is 26.0 Å². The molecule has 3 atom stereocenters. The average Bonchev–Trinajstić information content (AvgIpc) is 3.12. The maximum Gasteiger partial charge on any atom is 0.277 e. The number of nitrogens with zero attached hydrogens (tertiary/aromatic N) is 2. The number of hydrogen-bond acceptors (Lipinski definition) is 7. The van der Waals surface area contributed by atoms with Crippen LogP contribution in [-0.2, 0) is 10.0 Å². The number of sulfonamides is 1. The van der Waals surface area contributed by atoms with E-state index in [-0.39, 0.29) is 33.9 Å². The Morgan fingerprint density at radius 2 is 1.66 bits per heavy atom. The van der Waals surface area contributed by atoms with Crippen LogP contribution in [0.1, 0.15) is 20.8 Å². The first-order valence-electron chi connectivity index (χ1n) is 11.9. The van der Waals surface area contributed by atoms with Gasteiger partial charge in [-0.15, -0.1) is 0 Å². The molecule has 1 heterocycles. The topological polar surface area (TPSA) is 126 Å². The SMILES string of the molecule is CC1=CC(=N)[N+](Nc2cccc3ccccc23)(c2cc(Cl)c(S(=O)(=O)N(CC(C)O)CC(C)O)cc2Cl)N1. The third kappa shape index (κ3) is 5.39. The molecule has 5 N–H and O–H groups in total. The number of hydrogen-bond donors (Lipinski definition) is 5. The van der Waals surface area contributed by atoms with Crippen molar-refractivity contribution < 1.29 is 18.6 Å². The molecule has 0 radical (unpaired) electrons. The standard InChI is InChI=1S/C26H30Cl2N5O4S/c1-16-11-26(29)33(30-16,31-23-10-6-8-19-7-4-5-9-20(19)23)24-12-22(28)25(13-21(24)27)38(36,37)32(14-17(2)34)15-18(3)35/h4-13,17-18,29-31,34-35H,14-15H2,1-3H3/q+1. The van der Waals surface area contributed by atoms with Crippen LogP contribution < -0.4 is 15.6 Å². The van der Waals surface area contributed by atoms with Crippen molar-refractivity contribution >= 4 is 61.2 Å². The highest BCUT2D eigenvalue weighted by Crippen LogP contribution is 2.40. The molecule has 38 heavy (non-hydrogen) atoms. The molecule has 0 saturated carbocycles. The maximum absolute atomic E-state index is 13.5. The molecule has 1 aliphatic rings. The molecule has 0 bridgehead atoms. The molecule has 0 amide bonds. The van der Waals surface area contributed by atoms with Gasteiger partial charge >= 0.3 is 0 Å². The Morgan fingerprint density at radius 1 is 1.03 bits per heavy atom. The van der Waals surface area contributed by atoms with Gasteiger partial charge in [0.2, 0.25) is 15.7 Å². The van der Waals surface area contributed by atoms with Crippen molar-refractivity contribution in [1.29, 1.82) is 5.41 Å². The number of allylic oxidation sites excluding steroid dienone is 1. The number of fused-ring (bicyclic) bond motifs is 1. The summed E-state index contributed by atoms with van der Waals surface area (Å²) in [6.45, 7) is 4.24. The van der Waals surface area contributed by atoms with E-state index in [1.54, 1.807) is 13.0 Å². The number of benzene rings is 3. The summed E-state index contributed by atoms with van der Waals surface area (Å²) in [5, 5.41) is 30.4. The lowest BCUT2D eigenvalue weighted by molar-refractivity contribution is 0.125.